The minimum atomic E-state index is -0.603. The van der Waals surface area contributed by atoms with Gasteiger partial charge in [-0.2, -0.15) is 0 Å². The van der Waals surface area contributed by atoms with E-state index >= 15 is 0 Å². The van der Waals surface area contributed by atoms with Gasteiger partial charge in [-0.15, -0.1) is 0 Å². The minimum absolute atomic E-state index is 0.0333. The highest BCUT2D eigenvalue weighted by Crippen LogP contribution is 2.37. The lowest BCUT2D eigenvalue weighted by Gasteiger charge is -2.32. The Morgan fingerprint density at radius 3 is 2.05 bits per heavy atom. The largest absolute Gasteiger partial charge is 0.495 e. The lowest BCUT2D eigenvalue weighted by molar-refractivity contribution is -0.384. The third-order valence-corrected chi connectivity index (χ3v) is 4.18. The molecule has 0 spiro atoms. The van der Waals surface area contributed by atoms with Crippen molar-refractivity contribution in [3.63, 3.8) is 0 Å². The first-order valence-electron chi connectivity index (χ1n) is 6.86. The van der Waals surface area contributed by atoms with Crippen molar-refractivity contribution in [1.82, 2.24) is 0 Å². The maximum atomic E-state index is 11.1. The van der Waals surface area contributed by atoms with E-state index in [1.54, 1.807) is 0 Å². The molecule has 0 saturated carbocycles. The summed E-state index contributed by atoms with van der Waals surface area (Å²) in [5, 5.41) is 11.1. The molecule has 0 unspecified atom stereocenters. The predicted octanol–water partition coefficient (Wildman–Crippen LogP) is 1.96. The van der Waals surface area contributed by atoms with Gasteiger partial charge in [-0.1, -0.05) is 0 Å². The monoisotopic (exact) mass is 292 g/mol. The van der Waals surface area contributed by atoms with Gasteiger partial charge in [0.2, 0.25) is 0 Å². The maximum Gasteiger partial charge on any atom is 0.495 e. The fourth-order valence-corrected chi connectivity index (χ4v) is 2.10. The molecule has 2 rings (SSSR count). The van der Waals surface area contributed by atoms with Crippen LogP contribution in [0, 0.1) is 10.1 Å². The molecule has 0 aromatic heterocycles. The van der Waals surface area contributed by atoms with Crippen LogP contribution in [-0.4, -0.2) is 37.3 Å². The van der Waals surface area contributed by atoms with Crippen LogP contribution in [0.25, 0.3) is 0 Å². The zero-order valence-electron chi connectivity index (χ0n) is 13.3. The van der Waals surface area contributed by atoms with Crippen LogP contribution in [-0.2, 0) is 9.31 Å². The van der Waals surface area contributed by atoms with Crippen molar-refractivity contribution in [2.24, 2.45) is 0 Å². The molecule has 0 N–H and O–H groups in total. The third-order valence-electron chi connectivity index (χ3n) is 4.18. The molecule has 1 aliphatic heterocycles. The van der Waals surface area contributed by atoms with Crippen molar-refractivity contribution < 1.29 is 14.2 Å². The third kappa shape index (κ3) is 2.89. The summed E-state index contributed by atoms with van der Waals surface area (Å²) in [5.41, 5.74) is 0.493. The number of nitrogens with zero attached hydrogens (tertiary/aromatic N) is 2. The van der Waals surface area contributed by atoms with E-state index in [4.69, 9.17) is 9.31 Å². The van der Waals surface area contributed by atoms with Gasteiger partial charge in [-0.05, 0) is 39.2 Å². The Hall–Kier alpha value is -1.60. The molecular weight excluding hydrogens is 271 g/mol. The van der Waals surface area contributed by atoms with Crippen molar-refractivity contribution in [2.75, 3.05) is 19.0 Å². The Balaban J connectivity index is 2.43. The Bertz CT molecular complexity index is 556. The van der Waals surface area contributed by atoms with Crippen molar-refractivity contribution >= 4 is 24.0 Å². The highest BCUT2D eigenvalue weighted by molar-refractivity contribution is 6.62. The van der Waals surface area contributed by atoms with Gasteiger partial charge < -0.3 is 14.2 Å². The molecule has 1 aromatic carbocycles. The maximum absolute atomic E-state index is 11.1. The Morgan fingerprint density at radius 1 is 1.10 bits per heavy atom. The van der Waals surface area contributed by atoms with E-state index in [0.29, 0.717) is 5.46 Å². The molecule has 114 valence electrons. The number of benzene rings is 1. The van der Waals surface area contributed by atoms with E-state index < -0.39 is 23.2 Å². The molecule has 1 heterocycles. The number of nitro groups is 1. The number of anilines is 1. The topological polar surface area (TPSA) is 64.8 Å². The van der Waals surface area contributed by atoms with Gasteiger partial charge >= 0.3 is 7.12 Å². The molecule has 0 aliphatic carbocycles. The number of nitro benzene ring substituents is 1. The van der Waals surface area contributed by atoms with Gasteiger partial charge in [0.15, 0.2) is 0 Å². The molecule has 0 atom stereocenters. The van der Waals surface area contributed by atoms with Gasteiger partial charge in [0, 0.05) is 31.9 Å². The molecule has 1 saturated heterocycles. The smallest absolute Gasteiger partial charge is 0.399 e. The van der Waals surface area contributed by atoms with Crippen LogP contribution in [0.1, 0.15) is 27.7 Å². The number of hydrogen-bond acceptors (Lipinski definition) is 5. The van der Waals surface area contributed by atoms with Crippen LogP contribution in [0.15, 0.2) is 18.2 Å². The predicted molar refractivity (Wildman–Crippen MR) is 83.1 cm³/mol. The Morgan fingerprint density at radius 2 is 1.62 bits per heavy atom. The van der Waals surface area contributed by atoms with Crippen LogP contribution in [0.2, 0.25) is 0 Å². The van der Waals surface area contributed by atoms with Crippen LogP contribution in [0.4, 0.5) is 11.4 Å². The van der Waals surface area contributed by atoms with Gasteiger partial charge in [0.25, 0.3) is 5.69 Å². The van der Waals surface area contributed by atoms with E-state index in [1.165, 1.54) is 12.1 Å². The van der Waals surface area contributed by atoms with Crippen LogP contribution in [0.3, 0.4) is 0 Å². The quantitative estimate of drug-likeness (QED) is 0.484. The average Bonchev–Trinajstić information content (AvgIpc) is 2.58. The highest BCUT2D eigenvalue weighted by atomic mass is 16.7. The fourth-order valence-electron chi connectivity index (χ4n) is 2.10. The second-order valence-corrected chi connectivity index (χ2v) is 6.52. The lowest BCUT2D eigenvalue weighted by atomic mass is 9.78. The molecule has 1 aliphatic rings. The van der Waals surface area contributed by atoms with Gasteiger partial charge in [-0.3, -0.25) is 10.1 Å². The highest BCUT2D eigenvalue weighted by Gasteiger charge is 2.52. The van der Waals surface area contributed by atoms with E-state index in [-0.39, 0.29) is 5.69 Å². The Labute approximate surface area is 125 Å². The second-order valence-electron chi connectivity index (χ2n) is 6.52. The lowest BCUT2D eigenvalue weighted by Crippen LogP contribution is -2.41. The molecule has 1 fully saturated rings. The molecule has 0 bridgehead atoms. The summed E-state index contributed by atoms with van der Waals surface area (Å²) in [7, 11) is 3.08. The zero-order chi connectivity index (χ0) is 16.0. The van der Waals surface area contributed by atoms with Crippen LogP contribution in [0.5, 0.6) is 0 Å². The minimum Gasteiger partial charge on any atom is -0.399 e. The van der Waals surface area contributed by atoms with E-state index in [9.17, 15) is 10.1 Å². The molecule has 0 amide bonds. The summed E-state index contributed by atoms with van der Waals surface area (Å²) in [4.78, 5) is 12.5. The van der Waals surface area contributed by atoms with E-state index in [0.717, 1.165) is 5.69 Å². The first-order valence-corrected chi connectivity index (χ1v) is 6.86. The zero-order valence-corrected chi connectivity index (χ0v) is 13.3. The Kier molecular flexibility index (Phi) is 3.76. The summed E-state index contributed by atoms with van der Waals surface area (Å²) in [6.07, 6.45) is 0. The molecule has 1 aromatic rings. The second kappa shape index (κ2) is 5.00. The molecular formula is C14H21BN2O4. The summed E-state index contributed by atoms with van der Waals surface area (Å²) < 4.78 is 11.9. The summed E-state index contributed by atoms with van der Waals surface area (Å²) >= 11 is 0. The molecule has 6 nitrogen and oxygen atoms in total. The molecule has 0 radical (unpaired) electrons. The standard InChI is InChI=1S/C14H21BN2O4/c1-13(2)14(3,4)21-15(20-13)10-7-11(16(5)6)9-12(8-10)17(18)19/h7-9H,1-6H3. The number of rotatable bonds is 3. The normalized spacial score (nSPS) is 19.6. The molecule has 7 heteroatoms. The van der Waals surface area contributed by atoms with Crippen molar-refractivity contribution in [2.45, 2.75) is 38.9 Å². The summed E-state index contributed by atoms with van der Waals surface area (Å²) in [6.45, 7) is 7.82. The first kappa shape index (κ1) is 15.8. The first-order chi connectivity index (χ1) is 9.53. The fraction of sp³-hybridized carbons (Fsp3) is 0.571. The molecule has 21 heavy (non-hydrogen) atoms. The van der Waals surface area contributed by atoms with Crippen molar-refractivity contribution in [3.05, 3.63) is 28.3 Å². The van der Waals surface area contributed by atoms with Crippen LogP contribution >= 0.6 is 0 Å². The number of hydrogen-bond donors (Lipinski definition) is 0. The van der Waals surface area contributed by atoms with Gasteiger partial charge in [0.1, 0.15) is 0 Å². The average molecular weight is 292 g/mol. The number of non-ortho nitro benzene ring substituents is 1. The van der Waals surface area contributed by atoms with Crippen molar-refractivity contribution in [3.8, 4) is 0 Å². The van der Waals surface area contributed by atoms with E-state index in [2.05, 4.69) is 0 Å². The summed E-state index contributed by atoms with van der Waals surface area (Å²) in [5.74, 6) is 0. The van der Waals surface area contributed by atoms with Gasteiger partial charge in [0.05, 0.1) is 16.1 Å². The van der Waals surface area contributed by atoms with Crippen molar-refractivity contribution in [1.29, 1.82) is 0 Å². The van der Waals surface area contributed by atoms with Crippen LogP contribution < -0.4 is 10.4 Å². The van der Waals surface area contributed by atoms with Gasteiger partial charge in [-0.25, -0.2) is 0 Å². The van der Waals surface area contributed by atoms with E-state index in [1.807, 2.05) is 52.8 Å². The SMILES string of the molecule is CN(C)c1cc(B2OC(C)(C)C(C)(C)O2)cc([N+](=O)[O-])c1. The summed E-state index contributed by atoms with van der Waals surface area (Å²) in [6, 6.07) is 4.90.